The van der Waals surface area contributed by atoms with Gasteiger partial charge in [-0.1, -0.05) is 6.07 Å². The highest BCUT2D eigenvalue weighted by atomic mass is 35.5. The van der Waals surface area contributed by atoms with Crippen LogP contribution in [0.2, 0.25) is 0 Å². The van der Waals surface area contributed by atoms with E-state index in [1.54, 1.807) is 6.08 Å². The monoisotopic (exact) mass is 299 g/mol. The third-order valence-electron chi connectivity index (χ3n) is 2.57. The summed E-state index contributed by atoms with van der Waals surface area (Å²) in [6, 6.07) is 5.52. The van der Waals surface area contributed by atoms with Gasteiger partial charge in [0, 0.05) is 6.08 Å². The highest BCUT2D eigenvalue weighted by Crippen LogP contribution is 2.31. The Morgan fingerprint density at radius 3 is 2.80 bits per heavy atom. The SMILES string of the molecule is Cl.NCCCOC(=O)/C=C/c1ccc2c(c1)OCCO2. The Hall–Kier alpha value is -1.72. The Bertz CT molecular complexity index is 476. The predicted octanol–water partition coefficient (Wildman–Crippen LogP) is 1.78. The Labute approximate surface area is 124 Å². The highest BCUT2D eigenvalue weighted by molar-refractivity contribution is 5.87. The van der Waals surface area contributed by atoms with Crippen LogP contribution in [0.25, 0.3) is 6.08 Å². The minimum absolute atomic E-state index is 0. The maximum absolute atomic E-state index is 11.4. The lowest BCUT2D eigenvalue weighted by Crippen LogP contribution is -2.15. The molecule has 20 heavy (non-hydrogen) atoms. The van der Waals surface area contributed by atoms with E-state index in [2.05, 4.69) is 0 Å². The molecule has 0 aliphatic carbocycles. The number of halogens is 1. The fourth-order valence-electron chi connectivity index (χ4n) is 1.63. The van der Waals surface area contributed by atoms with E-state index in [9.17, 15) is 4.79 Å². The molecule has 0 saturated heterocycles. The van der Waals surface area contributed by atoms with Crippen LogP contribution in [0.3, 0.4) is 0 Å². The van der Waals surface area contributed by atoms with Crippen molar-refractivity contribution in [1.82, 2.24) is 0 Å². The Kier molecular flexibility index (Phi) is 6.90. The van der Waals surface area contributed by atoms with Crippen molar-refractivity contribution in [3.63, 3.8) is 0 Å². The first kappa shape index (κ1) is 16.3. The molecule has 5 nitrogen and oxygen atoms in total. The molecule has 1 heterocycles. The number of carbonyl (C=O) groups is 1. The van der Waals surface area contributed by atoms with Crippen LogP contribution in [0.1, 0.15) is 12.0 Å². The minimum Gasteiger partial charge on any atom is -0.486 e. The van der Waals surface area contributed by atoms with Gasteiger partial charge in [-0.2, -0.15) is 0 Å². The largest absolute Gasteiger partial charge is 0.486 e. The van der Waals surface area contributed by atoms with E-state index >= 15 is 0 Å². The summed E-state index contributed by atoms with van der Waals surface area (Å²) in [4.78, 5) is 11.4. The van der Waals surface area contributed by atoms with E-state index < -0.39 is 0 Å². The first-order chi connectivity index (χ1) is 9.29. The van der Waals surface area contributed by atoms with E-state index in [4.69, 9.17) is 19.9 Å². The van der Waals surface area contributed by atoms with Crippen molar-refractivity contribution >= 4 is 24.5 Å². The van der Waals surface area contributed by atoms with E-state index in [0.29, 0.717) is 38.5 Å². The van der Waals surface area contributed by atoms with Crippen molar-refractivity contribution in [1.29, 1.82) is 0 Å². The average Bonchev–Trinajstić information content (AvgIpc) is 2.45. The third-order valence-corrected chi connectivity index (χ3v) is 2.57. The molecule has 2 N–H and O–H groups in total. The van der Waals surface area contributed by atoms with Crippen LogP contribution >= 0.6 is 12.4 Å². The molecule has 0 unspecified atom stereocenters. The summed E-state index contributed by atoms with van der Waals surface area (Å²) < 4.78 is 15.8. The molecule has 0 saturated carbocycles. The normalized spacial score (nSPS) is 12.8. The number of ether oxygens (including phenoxy) is 3. The topological polar surface area (TPSA) is 70.8 Å². The smallest absolute Gasteiger partial charge is 0.330 e. The van der Waals surface area contributed by atoms with Crippen molar-refractivity contribution in [3.05, 3.63) is 29.8 Å². The van der Waals surface area contributed by atoms with Gasteiger partial charge in [-0.3, -0.25) is 0 Å². The van der Waals surface area contributed by atoms with Gasteiger partial charge in [0.2, 0.25) is 0 Å². The molecule has 0 radical (unpaired) electrons. The molecule has 0 aromatic heterocycles. The highest BCUT2D eigenvalue weighted by Gasteiger charge is 2.10. The standard InChI is InChI=1S/C14H17NO4.ClH/c15-6-1-7-19-14(16)5-3-11-2-4-12-13(10-11)18-9-8-17-12;/h2-5,10H,1,6-9,15H2;1H/b5-3+;. The summed E-state index contributed by atoms with van der Waals surface area (Å²) >= 11 is 0. The number of rotatable bonds is 5. The van der Waals surface area contributed by atoms with Crippen molar-refractivity contribution < 1.29 is 19.0 Å². The molecule has 0 fully saturated rings. The number of benzene rings is 1. The maximum Gasteiger partial charge on any atom is 0.330 e. The fourth-order valence-corrected chi connectivity index (χ4v) is 1.63. The van der Waals surface area contributed by atoms with Crippen LogP contribution in [-0.2, 0) is 9.53 Å². The van der Waals surface area contributed by atoms with Crippen molar-refractivity contribution in [3.8, 4) is 11.5 Å². The second-order valence-electron chi connectivity index (χ2n) is 4.05. The molecular formula is C14H18ClNO4. The second kappa shape index (κ2) is 8.45. The Morgan fingerprint density at radius 2 is 2.05 bits per heavy atom. The van der Waals surface area contributed by atoms with Gasteiger partial charge in [-0.05, 0) is 36.7 Å². The van der Waals surface area contributed by atoms with Crippen molar-refractivity contribution in [2.24, 2.45) is 5.73 Å². The van der Waals surface area contributed by atoms with Crippen LogP contribution in [0.4, 0.5) is 0 Å². The molecular weight excluding hydrogens is 282 g/mol. The van der Waals surface area contributed by atoms with Crippen LogP contribution in [0, 0.1) is 0 Å². The predicted molar refractivity (Wildman–Crippen MR) is 78.3 cm³/mol. The number of fused-ring (bicyclic) bond motifs is 1. The lowest BCUT2D eigenvalue weighted by atomic mass is 10.2. The van der Waals surface area contributed by atoms with Gasteiger partial charge in [-0.25, -0.2) is 4.79 Å². The quantitative estimate of drug-likeness (QED) is 0.510. The van der Waals surface area contributed by atoms with Crippen LogP contribution < -0.4 is 15.2 Å². The lowest BCUT2D eigenvalue weighted by molar-refractivity contribution is -0.137. The van der Waals surface area contributed by atoms with Gasteiger partial charge in [-0.15, -0.1) is 12.4 Å². The molecule has 1 aliphatic rings. The molecule has 1 aromatic carbocycles. The summed E-state index contributed by atoms with van der Waals surface area (Å²) in [5.41, 5.74) is 6.17. The molecule has 1 aromatic rings. The molecule has 110 valence electrons. The third kappa shape index (κ3) is 4.75. The van der Waals surface area contributed by atoms with Gasteiger partial charge >= 0.3 is 5.97 Å². The Balaban J connectivity index is 0.00000200. The van der Waals surface area contributed by atoms with E-state index in [1.165, 1.54) is 6.08 Å². The summed E-state index contributed by atoms with van der Waals surface area (Å²) in [7, 11) is 0. The summed E-state index contributed by atoms with van der Waals surface area (Å²) in [5, 5.41) is 0. The van der Waals surface area contributed by atoms with Crippen LogP contribution in [0.15, 0.2) is 24.3 Å². The number of hydrogen-bond donors (Lipinski definition) is 1. The van der Waals surface area contributed by atoms with Crippen molar-refractivity contribution in [2.75, 3.05) is 26.4 Å². The van der Waals surface area contributed by atoms with E-state index in [-0.39, 0.29) is 18.4 Å². The number of hydrogen-bond acceptors (Lipinski definition) is 5. The zero-order chi connectivity index (χ0) is 13.5. The number of esters is 1. The average molecular weight is 300 g/mol. The van der Waals surface area contributed by atoms with Crippen LogP contribution in [-0.4, -0.2) is 32.3 Å². The first-order valence-corrected chi connectivity index (χ1v) is 6.24. The number of carbonyl (C=O) groups excluding carboxylic acids is 1. The van der Waals surface area contributed by atoms with Crippen molar-refractivity contribution in [2.45, 2.75) is 6.42 Å². The first-order valence-electron chi connectivity index (χ1n) is 6.24. The fraction of sp³-hybridized carbons (Fsp3) is 0.357. The summed E-state index contributed by atoms with van der Waals surface area (Å²) in [5.74, 6) is 1.06. The minimum atomic E-state index is -0.372. The molecule has 0 spiro atoms. The Morgan fingerprint density at radius 1 is 1.30 bits per heavy atom. The summed E-state index contributed by atoms with van der Waals surface area (Å²) in [6.45, 7) is 1.97. The molecule has 0 bridgehead atoms. The zero-order valence-electron chi connectivity index (χ0n) is 11.0. The maximum atomic E-state index is 11.4. The van der Waals surface area contributed by atoms with Gasteiger partial charge in [0.15, 0.2) is 11.5 Å². The van der Waals surface area contributed by atoms with E-state index in [0.717, 1.165) is 11.3 Å². The molecule has 2 rings (SSSR count). The summed E-state index contributed by atoms with van der Waals surface area (Å²) in [6.07, 6.45) is 3.74. The molecule has 0 atom stereocenters. The van der Waals surface area contributed by atoms with Gasteiger partial charge < -0.3 is 19.9 Å². The molecule has 0 amide bonds. The number of nitrogens with two attached hydrogens (primary N) is 1. The zero-order valence-corrected chi connectivity index (χ0v) is 11.9. The lowest BCUT2D eigenvalue weighted by Gasteiger charge is -2.18. The molecule has 6 heteroatoms. The van der Waals surface area contributed by atoms with Gasteiger partial charge in [0.25, 0.3) is 0 Å². The van der Waals surface area contributed by atoms with Gasteiger partial charge in [0.1, 0.15) is 13.2 Å². The van der Waals surface area contributed by atoms with Crippen LogP contribution in [0.5, 0.6) is 11.5 Å². The molecule has 1 aliphatic heterocycles. The van der Waals surface area contributed by atoms with E-state index in [1.807, 2.05) is 18.2 Å². The van der Waals surface area contributed by atoms with Gasteiger partial charge in [0.05, 0.1) is 6.61 Å². The second-order valence-corrected chi connectivity index (χ2v) is 4.05.